The second kappa shape index (κ2) is 5.86. The Kier molecular flexibility index (Phi) is 3.76. The molecule has 20 heavy (non-hydrogen) atoms. The highest BCUT2D eigenvalue weighted by molar-refractivity contribution is 5.55. The number of fused-ring (bicyclic) bond motifs is 1. The van der Waals surface area contributed by atoms with Crippen LogP contribution in [0.15, 0.2) is 30.7 Å². The van der Waals surface area contributed by atoms with Crippen molar-refractivity contribution in [1.29, 1.82) is 0 Å². The van der Waals surface area contributed by atoms with Crippen molar-refractivity contribution in [2.75, 3.05) is 18.5 Å². The molecule has 5 nitrogen and oxygen atoms in total. The summed E-state index contributed by atoms with van der Waals surface area (Å²) in [5, 5.41) is 3.40. The summed E-state index contributed by atoms with van der Waals surface area (Å²) in [5.41, 5.74) is 2.21. The second-order valence-electron chi connectivity index (χ2n) is 4.79. The van der Waals surface area contributed by atoms with E-state index in [1.807, 2.05) is 30.7 Å². The molecular weight excluding hydrogens is 254 g/mol. The number of ether oxygens (including phenoxy) is 2. The van der Waals surface area contributed by atoms with Crippen molar-refractivity contribution >= 4 is 5.69 Å². The topological polar surface area (TPSA) is 48.3 Å². The molecule has 106 valence electrons. The molecule has 0 radical (unpaired) electrons. The number of aromatic nitrogens is 2. The lowest BCUT2D eigenvalue weighted by molar-refractivity contribution is 0.171. The molecule has 3 rings (SSSR count). The maximum Gasteiger partial charge on any atom is 0.163 e. The van der Waals surface area contributed by atoms with Gasteiger partial charge in [-0.3, -0.25) is 0 Å². The Morgan fingerprint density at radius 3 is 2.95 bits per heavy atom. The van der Waals surface area contributed by atoms with E-state index in [4.69, 9.17) is 9.47 Å². The average Bonchev–Trinajstić information content (AvgIpc) is 2.93. The van der Waals surface area contributed by atoms with E-state index in [2.05, 4.69) is 21.8 Å². The van der Waals surface area contributed by atoms with Crippen LogP contribution in [0.5, 0.6) is 11.5 Å². The Hall–Kier alpha value is -2.17. The van der Waals surface area contributed by atoms with Crippen molar-refractivity contribution in [2.45, 2.75) is 26.4 Å². The van der Waals surface area contributed by atoms with Crippen LogP contribution < -0.4 is 14.8 Å². The number of rotatable bonds is 5. The zero-order chi connectivity index (χ0) is 13.8. The highest BCUT2D eigenvalue weighted by Crippen LogP contribution is 2.32. The lowest BCUT2D eigenvalue weighted by atomic mass is 10.2. The lowest BCUT2D eigenvalue weighted by Crippen LogP contribution is -2.15. The lowest BCUT2D eigenvalue weighted by Gasteiger charge is -2.19. The summed E-state index contributed by atoms with van der Waals surface area (Å²) in [6, 6.07) is 5.93. The van der Waals surface area contributed by atoms with Crippen molar-refractivity contribution in [1.82, 2.24) is 9.55 Å². The molecule has 1 aliphatic heterocycles. The van der Waals surface area contributed by atoms with Gasteiger partial charge in [0.1, 0.15) is 13.2 Å². The molecule has 0 saturated carbocycles. The fraction of sp³-hybridized carbons (Fsp3) is 0.400. The average molecular weight is 273 g/mol. The number of hydrogen-bond acceptors (Lipinski definition) is 4. The molecule has 0 aliphatic carbocycles. The van der Waals surface area contributed by atoms with Crippen LogP contribution >= 0.6 is 0 Å². The normalized spacial score (nSPS) is 13.2. The van der Waals surface area contributed by atoms with Crippen molar-refractivity contribution in [3.8, 4) is 11.5 Å². The molecule has 0 fully saturated rings. The van der Waals surface area contributed by atoms with E-state index in [0.717, 1.165) is 36.7 Å². The monoisotopic (exact) mass is 273 g/mol. The van der Waals surface area contributed by atoms with Gasteiger partial charge in [-0.25, -0.2) is 4.98 Å². The molecule has 0 unspecified atom stereocenters. The summed E-state index contributed by atoms with van der Waals surface area (Å²) in [4.78, 5) is 4.20. The first-order chi connectivity index (χ1) is 9.86. The van der Waals surface area contributed by atoms with Crippen LogP contribution in [-0.2, 0) is 13.1 Å². The maximum atomic E-state index is 5.58. The summed E-state index contributed by atoms with van der Waals surface area (Å²) in [6.45, 7) is 5.14. The van der Waals surface area contributed by atoms with Crippen molar-refractivity contribution < 1.29 is 9.47 Å². The Balaban J connectivity index is 1.67. The number of anilines is 1. The first kappa shape index (κ1) is 12.8. The zero-order valence-corrected chi connectivity index (χ0v) is 11.6. The number of benzene rings is 1. The molecule has 0 atom stereocenters. The first-order valence-electron chi connectivity index (χ1n) is 6.99. The molecule has 0 bridgehead atoms. The minimum absolute atomic E-state index is 0.611. The van der Waals surface area contributed by atoms with Gasteiger partial charge in [-0.2, -0.15) is 0 Å². The summed E-state index contributed by atoms with van der Waals surface area (Å²) >= 11 is 0. The van der Waals surface area contributed by atoms with Gasteiger partial charge in [0.25, 0.3) is 0 Å². The maximum absolute atomic E-state index is 5.58. The third kappa shape index (κ3) is 2.71. The molecule has 1 aromatic heterocycles. The minimum Gasteiger partial charge on any atom is -0.486 e. The molecule has 0 saturated heterocycles. The van der Waals surface area contributed by atoms with Gasteiger partial charge in [-0.05, 0) is 18.6 Å². The predicted molar refractivity (Wildman–Crippen MR) is 77.3 cm³/mol. The Bertz CT molecular complexity index is 580. The van der Waals surface area contributed by atoms with Crippen molar-refractivity contribution in [3.63, 3.8) is 0 Å². The van der Waals surface area contributed by atoms with E-state index >= 15 is 0 Å². The summed E-state index contributed by atoms with van der Waals surface area (Å²) in [6.07, 6.45) is 4.89. The predicted octanol–water partition coefficient (Wildman–Crippen LogP) is 2.68. The molecule has 2 heterocycles. The van der Waals surface area contributed by atoms with Crippen LogP contribution in [0.4, 0.5) is 5.69 Å². The summed E-state index contributed by atoms with van der Waals surface area (Å²) in [5.74, 6) is 1.63. The van der Waals surface area contributed by atoms with Crippen LogP contribution in [0, 0.1) is 0 Å². The van der Waals surface area contributed by atoms with Crippen molar-refractivity contribution in [3.05, 3.63) is 36.4 Å². The third-order valence-corrected chi connectivity index (χ3v) is 3.28. The van der Waals surface area contributed by atoms with E-state index in [1.54, 1.807) is 0 Å². The number of nitrogens with zero attached hydrogens (tertiary/aromatic N) is 2. The largest absolute Gasteiger partial charge is 0.486 e. The van der Waals surface area contributed by atoms with Crippen molar-refractivity contribution in [2.24, 2.45) is 0 Å². The molecule has 2 aromatic rings. The van der Waals surface area contributed by atoms with Gasteiger partial charge >= 0.3 is 0 Å². The standard InChI is InChI=1S/C15H19N3O2/c1-2-5-18-11-16-9-13(18)10-17-12-3-4-14-15(8-12)20-7-6-19-14/h3-4,8-9,11,17H,2,5-7,10H2,1H3. The van der Waals surface area contributed by atoms with Gasteiger partial charge in [0.15, 0.2) is 11.5 Å². The Labute approximate surface area is 118 Å². The quantitative estimate of drug-likeness (QED) is 0.910. The minimum atomic E-state index is 0.611. The SMILES string of the molecule is CCCn1cncc1CNc1ccc2c(c1)OCCO2. The molecule has 1 aromatic carbocycles. The van der Waals surface area contributed by atoms with E-state index < -0.39 is 0 Å². The van der Waals surface area contributed by atoms with Crippen LogP contribution in [0.25, 0.3) is 0 Å². The third-order valence-electron chi connectivity index (χ3n) is 3.28. The van der Waals surface area contributed by atoms with Gasteiger partial charge in [-0.1, -0.05) is 6.92 Å². The van der Waals surface area contributed by atoms with Crippen LogP contribution in [0.1, 0.15) is 19.0 Å². The number of imidazole rings is 1. The fourth-order valence-electron chi connectivity index (χ4n) is 2.28. The van der Waals surface area contributed by atoms with Gasteiger partial charge in [0.2, 0.25) is 0 Å². The zero-order valence-electron chi connectivity index (χ0n) is 11.6. The second-order valence-corrected chi connectivity index (χ2v) is 4.79. The van der Waals surface area contributed by atoms with E-state index in [1.165, 1.54) is 5.69 Å². The van der Waals surface area contributed by atoms with Crippen LogP contribution in [-0.4, -0.2) is 22.8 Å². The van der Waals surface area contributed by atoms with Crippen LogP contribution in [0.3, 0.4) is 0 Å². The van der Waals surface area contributed by atoms with E-state index in [-0.39, 0.29) is 0 Å². The molecule has 0 amide bonds. The smallest absolute Gasteiger partial charge is 0.163 e. The highest BCUT2D eigenvalue weighted by atomic mass is 16.6. The molecule has 1 N–H and O–H groups in total. The van der Waals surface area contributed by atoms with E-state index in [9.17, 15) is 0 Å². The number of aryl methyl sites for hydroxylation is 1. The molecule has 1 aliphatic rings. The van der Waals surface area contributed by atoms with E-state index in [0.29, 0.717) is 13.2 Å². The first-order valence-corrected chi connectivity index (χ1v) is 6.99. The van der Waals surface area contributed by atoms with Gasteiger partial charge in [0, 0.05) is 24.5 Å². The fourth-order valence-corrected chi connectivity index (χ4v) is 2.28. The summed E-state index contributed by atoms with van der Waals surface area (Å²) < 4.78 is 13.3. The highest BCUT2D eigenvalue weighted by Gasteiger charge is 2.11. The number of hydrogen-bond donors (Lipinski definition) is 1. The molecule has 0 spiro atoms. The summed E-state index contributed by atoms with van der Waals surface area (Å²) in [7, 11) is 0. The number of nitrogens with one attached hydrogen (secondary N) is 1. The van der Waals surface area contributed by atoms with Gasteiger partial charge < -0.3 is 19.4 Å². The Morgan fingerprint density at radius 2 is 2.10 bits per heavy atom. The molecular formula is C15H19N3O2. The Morgan fingerprint density at radius 1 is 1.25 bits per heavy atom. The van der Waals surface area contributed by atoms with Crippen LogP contribution in [0.2, 0.25) is 0 Å². The molecule has 5 heteroatoms. The van der Waals surface area contributed by atoms with Gasteiger partial charge in [0.05, 0.1) is 18.6 Å². The van der Waals surface area contributed by atoms with Gasteiger partial charge in [-0.15, -0.1) is 0 Å².